The standard InChI is InChI=1S/C14H26O3/c1-2-12(15)13(16)11-6-9-17-14(10-11)7-4-3-5-8-14/h11-13,15-16H,2-10H2,1H3. The van der Waals surface area contributed by atoms with E-state index in [1.165, 1.54) is 19.3 Å². The van der Waals surface area contributed by atoms with Gasteiger partial charge < -0.3 is 14.9 Å². The second kappa shape index (κ2) is 5.68. The number of hydrogen-bond acceptors (Lipinski definition) is 3. The topological polar surface area (TPSA) is 49.7 Å². The largest absolute Gasteiger partial charge is 0.390 e. The van der Waals surface area contributed by atoms with Gasteiger partial charge in [0.15, 0.2) is 0 Å². The first-order valence-electron chi connectivity index (χ1n) is 7.17. The van der Waals surface area contributed by atoms with Crippen LogP contribution < -0.4 is 0 Å². The van der Waals surface area contributed by atoms with E-state index < -0.39 is 12.2 Å². The van der Waals surface area contributed by atoms with Crippen LogP contribution in [0.2, 0.25) is 0 Å². The van der Waals surface area contributed by atoms with Gasteiger partial charge in [-0.05, 0) is 38.0 Å². The molecule has 3 unspecified atom stereocenters. The number of aliphatic hydroxyl groups is 2. The summed E-state index contributed by atoms with van der Waals surface area (Å²) in [7, 11) is 0. The van der Waals surface area contributed by atoms with Crippen molar-refractivity contribution in [3.8, 4) is 0 Å². The Morgan fingerprint density at radius 1 is 1.24 bits per heavy atom. The van der Waals surface area contributed by atoms with Crippen LogP contribution >= 0.6 is 0 Å². The average Bonchev–Trinajstić information content (AvgIpc) is 2.38. The van der Waals surface area contributed by atoms with Crippen molar-refractivity contribution in [1.82, 2.24) is 0 Å². The van der Waals surface area contributed by atoms with Crippen LogP contribution in [0.5, 0.6) is 0 Å². The smallest absolute Gasteiger partial charge is 0.0828 e. The summed E-state index contributed by atoms with van der Waals surface area (Å²) in [6.45, 7) is 2.67. The van der Waals surface area contributed by atoms with E-state index in [1.54, 1.807) is 0 Å². The number of hydrogen-bond donors (Lipinski definition) is 2. The molecule has 1 saturated carbocycles. The number of aliphatic hydroxyl groups excluding tert-OH is 2. The molecule has 3 nitrogen and oxygen atoms in total. The van der Waals surface area contributed by atoms with E-state index in [2.05, 4.69) is 0 Å². The minimum atomic E-state index is -0.571. The molecule has 1 aliphatic heterocycles. The van der Waals surface area contributed by atoms with Crippen LogP contribution in [0.1, 0.15) is 58.3 Å². The molecule has 0 aromatic rings. The molecule has 3 atom stereocenters. The molecule has 0 aromatic carbocycles. The van der Waals surface area contributed by atoms with Crippen LogP contribution in [-0.4, -0.2) is 34.6 Å². The molecule has 3 heteroatoms. The Hall–Kier alpha value is -0.120. The van der Waals surface area contributed by atoms with Gasteiger partial charge in [0.05, 0.1) is 17.8 Å². The van der Waals surface area contributed by atoms with E-state index in [1.807, 2.05) is 6.92 Å². The molecule has 1 spiro atoms. The summed E-state index contributed by atoms with van der Waals surface area (Å²) in [5, 5.41) is 19.9. The highest BCUT2D eigenvalue weighted by Crippen LogP contribution is 2.41. The first-order chi connectivity index (χ1) is 8.17. The molecule has 2 rings (SSSR count). The summed E-state index contributed by atoms with van der Waals surface area (Å²) in [6, 6.07) is 0. The van der Waals surface area contributed by atoms with Gasteiger partial charge in [-0.25, -0.2) is 0 Å². The lowest BCUT2D eigenvalue weighted by molar-refractivity contribution is -0.145. The average molecular weight is 242 g/mol. The van der Waals surface area contributed by atoms with E-state index in [4.69, 9.17) is 4.74 Å². The molecule has 1 aliphatic carbocycles. The zero-order chi connectivity index (χ0) is 12.3. The molecular formula is C14H26O3. The maximum absolute atomic E-state index is 10.2. The minimum Gasteiger partial charge on any atom is -0.390 e. The molecule has 1 heterocycles. The Morgan fingerprint density at radius 3 is 2.59 bits per heavy atom. The van der Waals surface area contributed by atoms with Crippen LogP contribution in [0.25, 0.3) is 0 Å². The molecule has 17 heavy (non-hydrogen) atoms. The van der Waals surface area contributed by atoms with Gasteiger partial charge in [-0.1, -0.05) is 26.2 Å². The quantitative estimate of drug-likeness (QED) is 0.798. The molecule has 100 valence electrons. The summed E-state index contributed by atoms with van der Waals surface area (Å²) < 4.78 is 6.01. The van der Waals surface area contributed by atoms with Crippen molar-refractivity contribution in [3.05, 3.63) is 0 Å². The van der Waals surface area contributed by atoms with Crippen molar-refractivity contribution in [2.45, 2.75) is 76.1 Å². The van der Waals surface area contributed by atoms with Crippen LogP contribution in [0.3, 0.4) is 0 Å². The van der Waals surface area contributed by atoms with Crippen molar-refractivity contribution in [3.63, 3.8) is 0 Å². The van der Waals surface area contributed by atoms with Crippen LogP contribution in [0.4, 0.5) is 0 Å². The summed E-state index contributed by atoms with van der Waals surface area (Å²) in [5.41, 5.74) is 0.0234. The zero-order valence-electron chi connectivity index (χ0n) is 10.9. The maximum atomic E-state index is 10.2. The fourth-order valence-corrected chi connectivity index (χ4v) is 3.46. The van der Waals surface area contributed by atoms with E-state index >= 15 is 0 Å². The van der Waals surface area contributed by atoms with Gasteiger partial charge in [-0.2, -0.15) is 0 Å². The molecule has 0 aromatic heterocycles. The molecule has 2 N–H and O–H groups in total. The van der Waals surface area contributed by atoms with E-state index in [0.29, 0.717) is 6.42 Å². The van der Waals surface area contributed by atoms with Crippen LogP contribution in [0.15, 0.2) is 0 Å². The van der Waals surface area contributed by atoms with E-state index in [0.717, 1.165) is 32.3 Å². The van der Waals surface area contributed by atoms with Gasteiger partial charge in [0.25, 0.3) is 0 Å². The van der Waals surface area contributed by atoms with Gasteiger partial charge in [0.2, 0.25) is 0 Å². The molecule has 0 radical (unpaired) electrons. The van der Waals surface area contributed by atoms with Crippen molar-refractivity contribution in [2.24, 2.45) is 5.92 Å². The second-order valence-corrected chi connectivity index (χ2v) is 5.81. The highest BCUT2D eigenvalue weighted by Gasteiger charge is 2.41. The molecular weight excluding hydrogens is 216 g/mol. The Balaban J connectivity index is 1.96. The van der Waals surface area contributed by atoms with Crippen molar-refractivity contribution >= 4 is 0 Å². The van der Waals surface area contributed by atoms with E-state index in [9.17, 15) is 10.2 Å². The highest BCUT2D eigenvalue weighted by atomic mass is 16.5. The predicted molar refractivity (Wildman–Crippen MR) is 66.8 cm³/mol. The normalized spacial score (nSPS) is 32.3. The Labute approximate surface area is 104 Å². The Kier molecular flexibility index (Phi) is 4.45. The number of ether oxygens (including phenoxy) is 1. The van der Waals surface area contributed by atoms with Gasteiger partial charge in [-0.15, -0.1) is 0 Å². The van der Waals surface area contributed by atoms with E-state index in [-0.39, 0.29) is 11.5 Å². The summed E-state index contributed by atoms with van der Waals surface area (Å²) in [4.78, 5) is 0. The lowest BCUT2D eigenvalue weighted by atomic mass is 9.74. The third kappa shape index (κ3) is 3.01. The molecule has 2 fully saturated rings. The van der Waals surface area contributed by atoms with Crippen molar-refractivity contribution < 1.29 is 14.9 Å². The van der Waals surface area contributed by atoms with Gasteiger partial charge >= 0.3 is 0 Å². The first-order valence-corrected chi connectivity index (χ1v) is 7.17. The monoisotopic (exact) mass is 242 g/mol. The number of rotatable bonds is 3. The third-order valence-corrected chi connectivity index (χ3v) is 4.59. The summed E-state index contributed by atoms with van der Waals surface area (Å²) >= 11 is 0. The zero-order valence-corrected chi connectivity index (χ0v) is 10.9. The van der Waals surface area contributed by atoms with Gasteiger partial charge in [0, 0.05) is 6.61 Å². The Morgan fingerprint density at radius 2 is 1.94 bits per heavy atom. The fraction of sp³-hybridized carbons (Fsp3) is 1.00. The van der Waals surface area contributed by atoms with Gasteiger partial charge in [-0.3, -0.25) is 0 Å². The van der Waals surface area contributed by atoms with Gasteiger partial charge in [0.1, 0.15) is 0 Å². The Bertz CT molecular complexity index is 230. The summed E-state index contributed by atoms with van der Waals surface area (Å²) in [5.74, 6) is 0.219. The fourth-order valence-electron chi connectivity index (χ4n) is 3.46. The lowest BCUT2D eigenvalue weighted by Gasteiger charge is -2.45. The lowest BCUT2D eigenvalue weighted by Crippen LogP contribution is -2.46. The van der Waals surface area contributed by atoms with Crippen LogP contribution in [-0.2, 0) is 4.74 Å². The molecule has 1 saturated heterocycles. The minimum absolute atomic E-state index is 0.0234. The highest BCUT2D eigenvalue weighted by molar-refractivity contribution is 4.92. The van der Waals surface area contributed by atoms with Crippen LogP contribution in [0, 0.1) is 5.92 Å². The molecule has 0 bridgehead atoms. The van der Waals surface area contributed by atoms with Crippen molar-refractivity contribution in [1.29, 1.82) is 0 Å². The predicted octanol–water partition coefficient (Wildman–Crippen LogP) is 2.25. The van der Waals surface area contributed by atoms with Crippen molar-refractivity contribution in [2.75, 3.05) is 6.61 Å². The maximum Gasteiger partial charge on any atom is 0.0828 e. The molecule has 2 aliphatic rings. The first kappa shape index (κ1) is 13.3. The third-order valence-electron chi connectivity index (χ3n) is 4.59. The second-order valence-electron chi connectivity index (χ2n) is 5.81. The molecule has 0 amide bonds. The SMILES string of the molecule is CCC(O)C(O)C1CCOC2(CCCCC2)C1. The summed E-state index contributed by atoms with van der Waals surface area (Å²) in [6.07, 6.45) is 7.41.